The van der Waals surface area contributed by atoms with E-state index < -0.39 is 17.7 Å². The summed E-state index contributed by atoms with van der Waals surface area (Å²) in [6.07, 6.45) is 0.807. The summed E-state index contributed by atoms with van der Waals surface area (Å²) in [5.74, 6) is -0.405. The molecule has 0 bridgehead atoms. The van der Waals surface area contributed by atoms with Crippen LogP contribution in [-0.4, -0.2) is 30.0 Å². The van der Waals surface area contributed by atoms with Crippen LogP contribution in [-0.2, 0) is 16.0 Å². The Kier molecular flexibility index (Phi) is 6.92. The van der Waals surface area contributed by atoms with Crippen molar-refractivity contribution in [3.05, 3.63) is 95.1 Å². The van der Waals surface area contributed by atoms with Gasteiger partial charge in [-0.05, 0) is 67.8 Å². The third kappa shape index (κ3) is 4.78. The number of ether oxygens (including phenoxy) is 2. The first-order chi connectivity index (χ1) is 16.8. The van der Waals surface area contributed by atoms with E-state index in [4.69, 9.17) is 9.47 Å². The predicted octanol–water partition coefficient (Wildman–Crippen LogP) is 5.67. The average Bonchev–Trinajstić information content (AvgIpc) is 3.13. The SMILES string of the molecule is CCc1ccc(/C(O)=C2/C(=O)C(=O)N(c3ccc(OC)cc3)C2c2cccc(OC(C)C)c2)cc1. The highest BCUT2D eigenvalue weighted by molar-refractivity contribution is 6.51. The molecule has 1 atom stereocenters. The van der Waals surface area contributed by atoms with Crippen molar-refractivity contribution in [2.24, 2.45) is 0 Å². The number of benzene rings is 3. The second kappa shape index (κ2) is 10.1. The number of hydrogen-bond acceptors (Lipinski definition) is 5. The van der Waals surface area contributed by atoms with Crippen molar-refractivity contribution in [2.75, 3.05) is 12.0 Å². The Hall–Kier alpha value is -4.06. The number of nitrogens with zero attached hydrogens (tertiary/aromatic N) is 1. The number of amides is 1. The molecule has 0 spiro atoms. The lowest BCUT2D eigenvalue weighted by Crippen LogP contribution is -2.29. The van der Waals surface area contributed by atoms with E-state index in [-0.39, 0.29) is 17.4 Å². The van der Waals surface area contributed by atoms with Gasteiger partial charge in [0.2, 0.25) is 0 Å². The minimum atomic E-state index is -0.829. The molecule has 4 rings (SSSR count). The number of methoxy groups -OCH3 is 1. The fourth-order valence-electron chi connectivity index (χ4n) is 4.24. The van der Waals surface area contributed by atoms with Crippen molar-refractivity contribution in [1.82, 2.24) is 0 Å². The number of carbonyl (C=O) groups is 2. The van der Waals surface area contributed by atoms with E-state index in [2.05, 4.69) is 0 Å². The highest BCUT2D eigenvalue weighted by atomic mass is 16.5. The van der Waals surface area contributed by atoms with Crippen LogP contribution in [0.25, 0.3) is 5.76 Å². The summed E-state index contributed by atoms with van der Waals surface area (Å²) >= 11 is 0. The third-order valence-corrected chi connectivity index (χ3v) is 5.98. The molecule has 1 aliphatic heterocycles. The van der Waals surface area contributed by atoms with E-state index in [9.17, 15) is 14.7 Å². The van der Waals surface area contributed by atoms with Crippen LogP contribution in [0.3, 0.4) is 0 Å². The lowest BCUT2D eigenvalue weighted by molar-refractivity contribution is -0.132. The standard InChI is InChI=1S/C29H29NO5/c1-5-19-9-11-20(12-10-19)27(31)25-26(21-7-6-8-24(17-21)35-18(2)3)30(29(33)28(25)32)22-13-15-23(34-4)16-14-22/h6-18,26,31H,5H2,1-4H3/b27-25-. The molecule has 1 amide bonds. The normalized spacial score (nSPS) is 17.2. The zero-order valence-corrected chi connectivity index (χ0v) is 20.3. The van der Waals surface area contributed by atoms with Gasteiger partial charge < -0.3 is 14.6 Å². The number of aryl methyl sites for hydroxylation is 1. The molecule has 1 heterocycles. The predicted molar refractivity (Wildman–Crippen MR) is 136 cm³/mol. The number of ketones is 1. The molecule has 35 heavy (non-hydrogen) atoms. The number of aliphatic hydroxyl groups is 1. The molecule has 1 unspecified atom stereocenters. The smallest absolute Gasteiger partial charge is 0.300 e. The molecule has 6 heteroatoms. The van der Waals surface area contributed by atoms with Crippen LogP contribution >= 0.6 is 0 Å². The van der Waals surface area contributed by atoms with Gasteiger partial charge in [0.25, 0.3) is 11.7 Å². The average molecular weight is 472 g/mol. The van der Waals surface area contributed by atoms with Gasteiger partial charge in [-0.2, -0.15) is 0 Å². The fourth-order valence-corrected chi connectivity index (χ4v) is 4.24. The number of aliphatic hydroxyl groups excluding tert-OH is 1. The van der Waals surface area contributed by atoms with Crippen LogP contribution in [0.4, 0.5) is 5.69 Å². The number of Topliss-reactive ketones (excluding diaryl/α,β-unsaturated/α-hetero) is 1. The summed E-state index contributed by atoms with van der Waals surface area (Å²) in [6.45, 7) is 5.90. The Balaban J connectivity index is 1.90. The number of rotatable bonds is 7. The third-order valence-electron chi connectivity index (χ3n) is 5.98. The van der Waals surface area contributed by atoms with E-state index >= 15 is 0 Å². The number of hydrogen-bond donors (Lipinski definition) is 1. The minimum absolute atomic E-state index is 0.0387. The fraction of sp³-hybridized carbons (Fsp3) is 0.241. The van der Waals surface area contributed by atoms with Crippen molar-refractivity contribution >= 4 is 23.1 Å². The molecule has 1 aliphatic rings. The van der Waals surface area contributed by atoms with E-state index in [1.807, 2.05) is 51.1 Å². The summed E-state index contributed by atoms with van der Waals surface area (Å²) < 4.78 is 11.1. The first-order valence-corrected chi connectivity index (χ1v) is 11.6. The zero-order valence-electron chi connectivity index (χ0n) is 20.3. The Morgan fingerprint density at radius 3 is 2.26 bits per heavy atom. The molecule has 1 N–H and O–H groups in total. The van der Waals surface area contributed by atoms with Gasteiger partial charge in [0.1, 0.15) is 17.3 Å². The quantitative estimate of drug-likeness (QED) is 0.273. The molecule has 1 saturated heterocycles. The molecule has 6 nitrogen and oxygen atoms in total. The molecule has 0 aliphatic carbocycles. The van der Waals surface area contributed by atoms with E-state index in [1.165, 1.54) is 4.90 Å². The van der Waals surface area contributed by atoms with Crippen molar-refractivity contribution in [3.8, 4) is 11.5 Å². The van der Waals surface area contributed by atoms with E-state index in [0.29, 0.717) is 28.3 Å². The van der Waals surface area contributed by atoms with Crippen LogP contribution in [0, 0.1) is 0 Å². The van der Waals surface area contributed by atoms with Crippen LogP contribution in [0.5, 0.6) is 11.5 Å². The van der Waals surface area contributed by atoms with E-state index in [0.717, 1.165) is 12.0 Å². The Labute approximate surface area is 205 Å². The summed E-state index contributed by atoms with van der Waals surface area (Å²) in [6, 6.07) is 20.7. The molecule has 3 aromatic carbocycles. The highest BCUT2D eigenvalue weighted by Gasteiger charge is 2.47. The Morgan fingerprint density at radius 2 is 1.66 bits per heavy atom. The maximum absolute atomic E-state index is 13.3. The van der Waals surface area contributed by atoms with Gasteiger partial charge in [0.05, 0.1) is 24.8 Å². The van der Waals surface area contributed by atoms with Crippen molar-refractivity contribution < 1.29 is 24.2 Å². The van der Waals surface area contributed by atoms with Crippen LogP contribution < -0.4 is 14.4 Å². The van der Waals surface area contributed by atoms with Crippen molar-refractivity contribution in [2.45, 2.75) is 39.3 Å². The lowest BCUT2D eigenvalue weighted by Gasteiger charge is -2.26. The summed E-state index contributed by atoms with van der Waals surface area (Å²) in [7, 11) is 1.56. The highest BCUT2D eigenvalue weighted by Crippen LogP contribution is 2.43. The Bertz CT molecular complexity index is 1260. The second-order valence-corrected chi connectivity index (χ2v) is 8.66. The maximum Gasteiger partial charge on any atom is 0.300 e. The molecular formula is C29H29NO5. The first kappa shape index (κ1) is 24.1. The molecule has 0 radical (unpaired) electrons. The van der Waals surface area contributed by atoms with Crippen LogP contribution in [0.15, 0.2) is 78.4 Å². The van der Waals surface area contributed by atoms with Gasteiger partial charge in [0, 0.05) is 11.3 Å². The molecule has 1 fully saturated rings. The number of anilines is 1. The summed E-state index contributed by atoms with van der Waals surface area (Å²) in [5, 5.41) is 11.3. The molecule has 0 saturated carbocycles. The first-order valence-electron chi connectivity index (χ1n) is 11.6. The summed E-state index contributed by atoms with van der Waals surface area (Å²) in [4.78, 5) is 28.1. The number of carbonyl (C=O) groups excluding carboxylic acids is 2. The van der Waals surface area contributed by atoms with Gasteiger partial charge in [-0.1, -0.05) is 43.3 Å². The monoisotopic (exact) mass is 471 g/mol. The molecule has 0 aromatic heterocycles. The summed E-state index contributed by atoms with van der Waals surface area (Å²) in [5.41, 5.74) is 2.81. The van der Waals surface area contributed by atoms with Gasteiger partial charge in [-0.3, -0.25) is 14.5 Å². The van der Waals surface area contributed by atoms with Crippen molar-refractivity contribution in [3.63, 3.8) is 0 Å². The van der Waals surface area contributed by atoms with Gasteiger partial charge in [0.15, 0.2) is 0 Å². The van der Waals surface area contributed by atoms with Crippen LogP contribution in [0.2, 0.25) is 0 Å². The van der Waals surface area contributed by atoms with Gasteiger partial charge >= 0.3 is 0 Å². The largest absolute Gasteiger partial charge is 0.507 e. The zero-order chi connectivity index (χ0) is 25.1. The van der Waals surface area contributed by atoms with Gasteiger partial charge in [-0.15, -0.1) is 0 Å². The van der Waals surface area contributed by atoms with E-state index in [1.54, 1.807) is 49.6 Å². The maximum atomic E-state index is 13.3. The molecule has 180 valence electrons. The minimum Gasteiger partial charge on any atom is -0.507 e. The lowest BCUT2D eigenvalue weighted by atomic mass is 9.94. The van der Waals surface area contributed by atoms with Crippen LogP contribution in [0.1, 0.15) is 43.5 Å². The van der Waals surface area contributed by atoms with Crippen molar-refractivity contribution in [1.29, 1.82) is 0 Å². The topological polar surface area (TPSA) is 76.1 Å². The van der Waals surface area contributed by atoms with Gasteiger partial charge in [-0.25, -0.2) is 0 Å². The molecular weight excluding hydrogens is 442 g/mol. The second-order valence-electron chi connectivity index (χ2n) is 8.66. The Morgan fingerprint density at radius 1 is 0.971 bits per heavy atom. The molecule has 3 aromatic rings.